The number of benzene rings is 1. The molecule has 0 aliphatic heterocycles. The van der Waals surface area contributed by atoms with Crippen molar-refractivity contribution < 1.29 is 28.5 Å². The van der Waals surface area contributed by atoms with Crippen LogP contribution in [0.15, 0.2) is 42.6 Å². The van der Waals surface area contributed by atoms with Crippen molar-refractivity contribution in [3.05, 3.63) is 65.2 Å². The van der Waals surface area contributed by atoms with Crippen LogP contribution in [0.1, 0.15) is 36.3 Å². The number of carboxylic acid groups (broad SMARTS) is 1. The SMILES string of the molecule is CCC(OCc1ccccc1)(C(=O)O)c1ccnc(F)c1C(OC)OC. The second-order valence-electron chi connectivity index (χ2n) is 5.63. The van der Waals surface area contributed by atoms with Crippen molar-refractivity contribution in [3.63, 3.8) is 0 Å². The highest BCUT2D eigenvalue weighted by Crippen LogP contribution is 2.37. The number of ether oxygens (including phenoxy) is 3. The highest BCUT2D eigenvalue weighted by molar-refractivity contribution is 5.80. The Morgan fingerprint density at radius 2 is 1.88 bits per heavy atom. The van der Waals surface area contributed by atoms with Crippen molar-refractivity contribution in [2.75, 3.05) is 14.2 Å². The Hall–Kier alpha value is -2.35. The molecule has 0 saturated carbocycles. The molecule has 0 amide bonds. The van der Waals surface area contributed by atoms with E-state index in [0.717, 1.165) is 5.56 Å². The van der Waals surface area contributed by atoms with Gasteiger partial charge in [-0.3, -0.25) is 0 Å². The summed E-state index contributed by atoms with van der Waals surface area (Å²) < 4.78 is 30.6. The quantitative estimate of drug-likeness (QED) is 0.543. The molecule has 1 aromatic carbocycles. The first kappa shape index (κ1) is 20.0. The Morgan fingerprint density at radius 1 is 1.23 bits per heavy atom. The van der Waals surface area contributed by atoms with Gasteiger partial charge in [0.15, 0.2) is 11.9 Å². The maximum atomic E-state index is 14.4. The van der Waals surface area contributed by atoms with Crippen LogP contribution in [0.4, 0.5) is 4.39 Å². The summed E-state index contributed by atoms with van der Waals surface area (Å²) in [5, 5.41) is 9.95. The summed E-state index contributed by atoms with van der Waals surface area (Å²) in [5.74, 6) is -2.09. The fraction of sp³-hybridized carbons (Fsp3) is 0.368. The second-order valence-corrected chi connectivity index (χ2v) is 5.63. The first-order valence-electron chi connectivity index (χ1n) is 8.11. The molecule has 6 nitrogen and oxygen atoms in total. The summed E-state index contributed by atoms with van der Waals surface area (Å²) in [6.45, 7) is 1.71. The molecule has 2 rings (SSSR count). The number of aliphatic carboxylic acids is 1. The largest absolute Gasteiger partial charge is 0.479 e. The molecule has 1 aromatic heterocycles. The summed E-state index contributed by atoms with van der Waals surface area (Å²) >= 11 is 0. The molecule has 1 unspecified atom stereocenters. The number of hydrogen-bond donors (Lipinski definition) is 1. The van der Waals surface area contributed by atoms with Gasteiger partial charge in [-0.2, -0.15) is 4.39 Å². The van der Waals surface area contributed by atoms with Gasteiger partial charge < -0.3 is 19.3 Å². The molecule has 0 bridgehead atoms. The molecular weight excluding hydrogens is 341 g/mol. The zero-order valence-corrected chi connectivity index (χ0v) is 14.9. The van der Waals surface area contributed by atoms with Crippen LogP contribution >= 0.6 is 0 Å². The molecule has 1 atom stereocenters. The number of carbonyl (C=O) groups is 1. The predicted molar refractivity (Wildman–Crippen MR) is 91.8 cm³/mol. The first-order valence-corrected chi connectivity index (χ1v) is 8.11. The zero-order chi connectivity index (χ0) is 19.2. The summed E-state index contributed by atoms with van der Waals surface area (Å²) in [5.41, 5.74) is -0.943. The molecule has 140 valence electrons. The minimum absolute atomic E-state index is 0.0506. The fourth-order valence-electron chi connectivity index (χ4n) is 2.84. The molecule has 26 heavy (non-hydrogen) atoms. The summed E-state index contributed by atoms with van der Waals surface area (Å²) in [6.07, 6.45) is 0.172. The molecule has 0 fully saturated rings. The molecule has 1 N–H and O–H groups in total. The van der Waals surface area contributed by atoms with Crippen molar-refractivity contribution in [3.8, 4) is 0 Å². The number of hydrogen-bond acceptors (Lipinski definition) is 5. The first-order chi connectivity index (χ1) is 12.5. The standard InChI is InChI=1S/C19H22FNO5/c1-4-19(18(22)23,26-12-13-8-6-5-7-9-13)14-10-11-21-16(20)15(14)17(24-2)25-3/h5-11,17H,4,12H2,1-3H3,(H,22,23). The Bertz CT molecular complexity index is 736. The van der Waals surface area contributed by atoms with Gasteiger partial charge >= 0.3 is 5.97 Å². The summed E-state index contributed by atoms with van der Waals surface area (Å²) in [6, 6.07) is 10.6. The Balaban J connectivity index is 2.53. The lowest BCUT2D eigenvalue weighted by molar-refractivity contribution is -0.172. The van der Waals surface area contributed by atoms with E-state index in [1.54, 1.807) is 6.92 Å². The van der Waals surface area contributed by atoms with Crippen LogP contribution < -0.4 is 0 Å². The van der Waals surface area contributed by atoms with Gasteiger partial charge in [-0.15, -0.1) is 0 Å². The van der Waals surface area contributed by atoms with Crippen LogP contribution in [0, 0.1) is 5.95 Å². The predicted octanol–water partition coefficient (Wildman–Crippen LogP) is 3.42. The van der Waals surface area contributed by atoms with Crippen LogP contribution in [0.25, 0.3) is 0 Å². The highest BCUT2D eigenvalue weighted by Gasteiger charge is 2.44. The molecule has 0 radical (unpaired) electrons. The van der Waals surface area contributed by atoms with E-state index >= 15 is 0 Å². The van der Waals surface area contributed by atoms with E-state index in [4.69, 9.17) is 14.2 Å². The molecule has 2 aromatic rings. The van der Waals surface area contributed by atoms with Gasteiger partial charge in [-0.05, 0) is 18.1 Å². The van der Waals surface area contributed by atoms with Crippen molar-refractivity contribution in [1.82, 2.24) is 4.98 Å². The normalized spacial score (nSPS) is 13.6. The van der Waals surface area contributed by atoms with Crippen LogP contribution in [0.3, 0.4) is 0 Å². The van der Waals surface area contributed by atoms with E-state index in [1.165, 1.54) is 26.5 Å². The smallest absolute Gasteiger partial charge is 0.340 e. The third-order valence-corrected chi connectivity index (χ3v) is 4.21. The average molecular weight is 363 g/mol. The van der Waals surface area contributed by atoms with Crippen molar-refractivity contribution in [2.24, 2.45) is 0 Å². The monoisotopic (exact) mass is 363 g/mol. The summed E-state index contributed by atoms with van der Waals surface area (Å²) in [7, 11) is 2.67. The van der Waals surface area contributed by atoms with Crippen LogP contribution in [0.2, 0.25) is 0 Å². The highest BCUT2D eigenvalue weighted by atomic mass is 19.1. The van der Waals surface area contributed by atoms with E-state index in [0.29, 0.717) is 0 Å². The van der Waals surface area contributed by atoms with E-state index in [2.05, 4.69) is 4.98 Å². The van der Waals surface area contributed by atoms with E-state index in [1.807, 2.05) is 30.3 Å². The van der Waals surface area contributed by atoms with Gasteiger partial charge in [-0.25, -0.2) is 9.78 Å². The lowest BCUT2D eigenvalue weighted by Crippen LogP contribution is -2.40. The van der Waals surface area contributed by atoms with Crippen molar-refractivity contribution in [2.45, 2.75) is 31.8 Å². The number of halogens is 1. The topological polar surface area (TPSA) is 77.9 Å². The molecular formula is C19H22FNO5. The van der Waals surface area contributed by atoms with Crippen molar-refractivity contribution in [1.29, 1.82) is 0 Å². The molecule has 1 heterocycles. The second kappa shape index (κ2) is 8.84. The minimum Gasteiger partial charge on any atom is -0.479 e. The van der Waals surface area contributed by atoms with E-state index < -0.39 is 23.8 Å². The Kier molecular flexibility index (Phi) is 6.79. The third kappa shape index (κ3) is 3.90. The molecule has 0 aliphatic rings. The van der Waals surface area contributed by atoms with Gasteiger partial charge in [-0.1, -0.05) is 37.3 Å². The van der Waals surface area contributed by atoms with Crippen LogP contribution in [-0.4, -0.2) is 30.3 Å². The number of carboxylic acids is 1. The fourth-order valence-corrected chi connectivity index (χ4v) is 2.84. The third-order valence-electron chi connectivity index (χ3n) is 4.21. The molecule has 0 spiro atoms. The minimum atomic E-state index is -1.77. The number of aromatic nitrogens is 1. The van der Waals surface area contributed by atoms with E-state index in [-0.39, 0.29) is 24.2 Å². The van der Waals surface area contributed by atoms with Gasteiger partial charge in [0.05, 0.1) is 12.2 Å². The van der Waals surface area contributed by atoms with Gasteiger partial charge in [0.2, 0.25) is 5.95 Å². The molecule has 7 heteroatoms. The molecule has 0 saturated heterocycles. The number of nitrogens with zero attached hydrogens (tertiary/aromatic N) is 1. The summed E-state index contributed by atoms with van der Waals surface area (Å²) in [4.78, 5) is 15.8. The van der Waals surface area contributed by atoms with Gasteiger partial charge in [0.25, 0.3) is 0 Å². The number of methoxy groups -OCH3 is 2. The maximum Gasteiger partial charge on any atom is 0.340 e. The van der Waals surface area contributed by atoms with Crippen LogP contribution in [0.5, 0.6) is 0 Å². The Labute approximate surface area is 151 Å². The van der Waals surface area contributed by atoms with E-state index in [9.17, 15) is 14.3 Å². The van der Waals surface area contributed by atoms with Crippen LogP contribution in [-0.2, 0) is 31.2 Å². The number of rotatable bonds is 9. The average Bonchev–Trinajstić information content (AvgIpc) is 2.66. The lowest BCUT2D eigenvalue weighted by Gasteiger charge is -2.32. The Morgan fingerprint density at radius 3 is 2.42 bits per heavy atom. The molecule has 0 aliphatic carbocycles. The van der Waals surface area contributed by atoms with Gasteiger partial charge in [0, 0.05) is 26.0 Å². The van der Waals surface area contributed by atoms with Crippen molar-refractivity contribution >= 4 is 5.97 Å². The maximum absolute atomic E-state index is 14.4. The van der Waals surface area contributed by atoms with Gasteiger partial charge in [0.1, 0.15) is 0 Å². The zero-order valence-electron chi connectivity index (χ0n) is 14.9. The number of pyridine rings is 1. The lowest BCUT2D eigenvalue weighted by atomic mass is 9.87.